The number of rotatable bonds is 5. The predicted octanol–water partition coefficient (Wildman–Crippen LogP) is 2.92. The molecule has 3 aromatic rings. The zero-order valence-electron chi connectivity index (χ0n) is 16.3. The number of nitrogens with one attached hydrogen (secondary N) is 1. The average Bonchev–Trinajstić information content (AvgIpc) is 3.40. The van der Waals surface area contributed by atoms with Gasteiger partial charge in [0.1, 0.15) is 35.7 Å². The van der Waals surface area contributed by atoms with Gasteiger partial charge in [0.2, 0.25) is 0 Å². The van der Waals surface area contributed by atoms with Gasteiger partial charge >= 0.3 is 0 Å². The molecule has 150 valence electrons. The zero-order chi connectivity index (χ0) is 19.4. The average molecular weight is 391 g/mol. The van der Waals surface area contributed by atoms with Gasteiger partial charge in [-0.2, -0.15) is 0 Å². The van der Waals surface area contributed by atoms with Crippen molar-refractivity contribution in [3.8, 4) is 16.9 Å². The summed E-state index contributed by atoms with van der Waals surface area (Å²) in [6.07, 6.45) is 8.68. The van der Waals surface area contributed by atoms with E-state index in [1.807, 2.05) is 12.1 Å². The van der Waals surface area contributed by atoms with Crippen molar-refractivity contribution in [3.05, 3.63) is 36.8 Å². The minimum absolute atomic E-state index is 0.0772. The largest absolute Gasteiger partial charge is 0.491 e. The molecule has 0 spiro atoms. The number of nitrogens with two attached hydrogens (primary N) is 1. The maximum Gasteiger partial charge on any atom is 0.146 e. The van der Waals surface area contributed by atoms with Crippen molar-refractivity contribution in [1.82, 2.24) is 19.9 Å². The number of ether oxygens (including phenoxy) is 2. The summed E-state index contributed by atoms with van der Waals surface area (Å²) in [4.78, 5) is 8.76. The number of fused-ring (bicyclic) bond motifs is 3. The summed E-state index contributed by atoms with van der Waals surface area (Å²) in [7, 11) is 0. The molecule has 3 saturated heterocycles. The third kappa shape index (κ3) is 2.80. The second kappa shape index (κ2) is 6.43. The first kappa shape index (κ1) is 17.2. The van der Waals surface area contributed by atoms with E-state index in [4.69, 9.17) is 15.2 Å². The van der Waals surface area contributed by atoms with Gasteiger partial charge in [0.05, 0.1) is 17.5 Å². The Kier molecular flexibility index (Phi) is 3.82. The van der Waals surface area contributed by atoms with E-state index in [1.54, 1.807) is 6.33 Å². The summed E-state index contributed by atoms with van der Waals surface area (Å²) in [5, 5.41) is 4.24. The van der Waals surface area contributed by atoms with E-state index in [0.29, 0.717) is 24.6 Å². The molecule has 1 aromatic carbocycles. The monoisotopic (exact) mass is 391 g/mol. The zero-order valence-corrected chi connectivity index (χ0v) is 16.3. The normalized spacial score (nSPS) is 26.1. The van der Waals surface area contributed by atoms with Crippen LogP contribution in [0.1, 0.15) is 31.7 Å². The highest BCUT2D eigenvalue weighted by Crippen LogP contribution is 2.44. The molecule has 29 heavy (non-hydrogen) atoms. The molecule has 3 aliphatic heterocycles. The van der Waals surface area contributed by atoms with Crippen LogP contribution in [0.3, 0.4) is 0 Å². The van der Waals surface area contributed by atoms with Crippen LogP contribution in [0.4, 0.5) is 5.82 Å². The molecular weight excluding hydrogens is 366 g/mol. The lowest BCUT2D eigenvalue weighted by Gasteiger charge is -2.28. The van der Waals surface area contributed by atoms with Gasteiger partial charge in [0.25, 0.3) is 0 Å². The second-order valence-electron chi connectivity index (χ2n) is 8.54. The minimum atomic E-state index is -0.0772. The number of hydrogen-bond donors (Lipinski definition) is 2. The van der Waals surface area contributed by atoms with Gasteiger partial charge in [0, 0.05) is 24.8 Å². The van der Waals surface area contributed by atoms with Crippen LogP contribution in [0, 0.1) is 0 Å². The standard InChI is InChI=1S/C22H25N5O2/c23-20-19-18(11-27(15-9-24-10-15)21(19)26-13-25-20)14-2-1-3-17(8-14)28-12-22-6-4-16(29-22)5-7-22/h1-3,8,11,13,15-16,24H,4-7,9-10,12H2,(H2,23,25,26). The van der Waals surface area contributed by atoms with Crippen molar-refractivity contribution in [3.63, 3.8) is 0 Å². The van der Waals surface area contributed by atoms with Crippen LogP contribution < -0.4 is 15.8 Å². The lowest BCUT2D eigenvalue weighted by molar-refractivity contribution is -0.0198. The van der Waals surface area contributed by atoms with Gasteiger partial charge in [-0.3, -0.25) is 0 Å². The summed E-state index contributed by atoms with van der Waals surface area (Å²) < 4.78 is 14.6. The van der Waals surface area contributed by atoms with Crippen molar-refractivity contribution in [2.75, 3.05) is 25.4 Å². The Morgan fingerprint density at radius 2 is 2.10 bits per heavy atom. The van der Waals surface area contributed by atoms with E-state index >= 15 is 0 Å². The molecule has 7 nitrogen and oxygen atoms in total. The summed E-state index contributed by atoms with van der Waals surface area (Å²) in [6.45, 7) is 2.51. The number of nitrogen functional groups attached to an aromatic ring is 1. The maximum absolute atomic E-state index is 6.26. The lowest BCUT2D eigenvalue weighted by atomic mass is 9.89. The van der Waals surface area contributed by atoms with E-state index in [1.165, 1.54) is 0 Å². The predicted molar refractivity (Wildman–Crippen MR) is 111 cm³/mol. The van der Waals surface area contributed by atoms with Crippen LogP contribution in [-0.4, -0.2) is 45.9 Å². The van der Waals surface area contributed by atoms with Gasteiger partial charge in [-0.05, 0) is 43.4 Å². The number of aromatic nitrogens is 3. The van der Waals surface area contributed by atoms with E-state index in [0.717, 1.165) is 66.7 Å². The van der Waals surface area contributed by atoms with E-state index in [9.17, 15) is 0 Å². The van der Waals surface area contributed by atoms with Crippen molar-refractivity contribution < 1.29 is 9.47 Å². The van der Waals surface area contributed by atoms with Gasteiger partial charge < -0.3 is 25.1 Å². The molecule has 2 bridgehead atoms. The highest BCUT2D eigenvalue weighted by Gasteiger charge is 2.46. The smallest absolute Gasteiger partial charge is 0.146 e. The number of nitrogens with zero attached hydrogens (tertiary/aromatic N) is 3. The van der Waals surface area contributed by atoms with Gasteiger partial charge in [-0.15, -0.1) is 0 Å². The van der Waals surface area contributed by atoms with Crippen LogP contribution in [0.2, 0.25) is 0 Å². The Morgan fingerprint density at radius 1 is 1.24 bits per heavy atom. The topological polar surface area (TPSA) is 87.2 Å². The van der Waals surface area contributed by atoms with Crippen LogP contribution >= 0.6 is 0 Å². The van der Waals surface area contributed by atoms with Crippen LogP contribution in [0.15, 0.2) is 36.8 Å². The molecule has 3 aliphatic rings. The fourth-order valence-corrected chi connectivity index (χ4v) is 4.93. The molecule has 0 radical (unpaired) electrons. The molecule has 0 amide bonds. The second-order valence-corrected chi connectivity index (χ2v) is 8.54. The van der Waals surface area contributed by atoms with Crippen LogP contribution in [-0.2, 0) is 4.74 Å². The Morgan fingerprint density at radius 3 is 2.83 bits per heavy atom. The Labute approximate surface area is 169 Å². The van der Waals surface area contributed by atoms with Gasteiger partial charge in [-0.1, -0.05) is 12.1 Å². The van der Waals surface area contributed by atoms with E-state index in [2.05, 4.69) is 38.2 Å². The summed E-state index contributed by atoms with van der Waals surface area (Å²) in [5.74, 6) is 1.37. The Hall–Kier alpha value is -2.64. The van der Waals surface area contributed by atoms with Gasteiger partial charge in [0.15, 0.2) is 0 Å². The molecule has 5 heterocycles. The SMILES string of the molecule is Nc1ncnc2c1c(-c1cccc(OCC34CCC(CC3)O4)c1)cn2C1CNC1. The van der Waals surface area contributed by atoms with Crippen LogP contribution in [0.25, 0.3) is 22.2 Å². The summed E-state index contributed by atoms with van der Waals surface area (Å²) in [5.41, 5.74) is 9.18. The first-order valence-electron chi connectivity index (χ1n) is 10.4. The van der Waals surface area contributed by atoms with E-state index < -0.39 is 0 Å². The van der Waals surface area contributed by atoms with Crippen molar-refractivity contribution in [2.45, 2.75) is 43.4 Å². The molecular formula is C22H25N5O2. The molecule has 0 unspecified atom stereocenters. The summed E-state index contributed by atoms with van der Waals surface area (Å²) >= 11 is 0. The van der Waals surface area contributed by atoms with Crippen LogP contribution in [0.5, 0.6) is 5.75 Å². The number of anilines is 1. The quantitative estimate of drug-likeness (QED) is 0.695. The molecule has 3 N–H and O–H groups in total. The maximum atomic E-state index is 6.26. The third-order valence-corrected chi connectivity index (χ3v) is 6.70. The third-order valence-electron chi connectivity index (χ3n) is 6.70. The summed E-state index contributed by atoms with van der Waals surface area (Å²) in [6, 6.07) is 8.62. The molecule has 0 atom stereocenters. The highest BCUT2D eigenvalue weighted by molar-refractivity contribution is 6.00. The number of benzene rings is 1. The fraction of sp³-hybridized carbons (Fsp3) is 0.455. The fourth-order valence-electron chi connectivity index (χ4n) is 4.93. The molecule has 0 saturated carbocycles. The van der Waals surface area contributed by atoms with Crippen molar-refractivity contribution in [1.29, 1.82) is 0 Å². The molecule has 3 fully saturated rings. The highest BCUT2D eigenvalue weighted by atomic mass is 16.6. The molecule has 0 aliphatic carbocycles. The van der Waals surface area contributed by atoms with Gasteiger partial charge in [-0.25, -0.2) is 9.97 Å². The van der Waals surface area contributed by atoms with Crippen molar-refractivity contribution in [2.24, 2.45) is 0 Å². The molecule has 7 heteroatoms. The Bertz CT molecular complexity index is 1070. The Balaban J connectivity index is 1.34. The van der Waals surface area contributed by atoms with E-state index in [-0.39, 0.29) is 5.60 Å². The number of hydrogen-bond acceptors (Lipinski definition) is 6. The first-order valence-corrected chi connectivity index (χ1v) is 10.4. The molecule has 2 aromatic heterocycles. The molecule has 6 rings (SSSR count). The minimum Gasteiger partial charge on any atom is -0.491 e. The lowest BCUT2D eigenvalue weighted by Crippen LogP contribution is -2.43. The first-order chi connectivity index (χ1) is 14.2. The van der Waals surface area contributed by atoms with Crippen molar-refractivity contribution >= 4 is 16.9 Å².